The SMILES string of the molecule is CCCC(=O)c1ccn(CCOCC(C)C)c1. The van der Waals surface area contributed by atoms with E-state index in [1.807, 2.05) is 30.0 Å². The fourth-order valence-electron chi connectivity index (χ4n) is 1.61. The number of hydrogen-bond acceptors (Lipinski definition) is 2. The van der Waals surface area contributed by atoms with Crippen LogP contribution in [-0.4, -0.2) is 23.6 Å². The Balaban J connectivity index is 2.33. The van der Waals surface area contributed by atoms with Crippen LogP contribution in [0.4, 0.5) is 0 Å². The van der Waals surface area contributed by atoms with Crippen molar-refractivity contribution >= 4 is 5.78 Å². The lowest BCUT2D eigenvalue weighted by atomic mass is 10.1. The molecule has 0 aliphatic carbocycles. The van der Waals surface area contributed by atoms with E-state index in [0.29, 0.717) is 18.9 Å². The molecule has 0 N–H and O–H groups in total. The lowest BCUT2D eigenvalue weighted by Crippen LogP contribution is -2.08. The molecule has 0 aliphatic rings. The molecule has 0 saturated heterocycles. The molecule has 0 bridgehead atoms. The zero-order valence-electron chi connectivity index (χ0n) is 11.1. The van der Waals surface area contributed by atoms with Crippen molar-refractivity contribution in [3.8, 4) is 0 Å². The van der Waals surface area contributed by atoms with E-state index in [1.54, 1.807) is 0 Å². The largest absolute Gasteiger partial charge is 0.379 e. The molecule has 0 spiro atoms. The number of carbonyl (C=O) groups excluding carboxylic acids is 1. The van der Waals surface area contributed by atoms with Crippen molar-refractivity contribution in [3.05, 3.63) is 24.0 Å². The van der Waals surface area contributed by atoms with Crippen LogP contribution in [0.2, 0.25) is 0 Å². The third kappa shape index (κ3) is 5.18. The summed E-state index contributed by atoms with van der Waals surface area (Å²) in [6, 6.07) is 1.89. The second-order valence-corrected chi connectivity index (χ2v) is 4.78. The van der Waals surface area contributed by atoms with Gasteiger partial charge in [0.2, 0.25) is 0 Å². The van der Waals surface area contributed by atoms with Crippen molar-refractivity contribution in [2.75, 3.05) is 13.2 Å². The van der Waals surface area contributed by atoms with E-state index in [9.17, 15) is 4.79 Å². The first-order chi connectivity index (χ1) is 8.13. The van der Waals surface area contributed by atoms with Crippen LogP contribution in [0.3, 0.4) is 0 Å². The molecule has 1 heterocycles. The van der Waals surface area contributed by atoms with Crippen LogP contribution in [0.15, 0.2) is 18.5 Å². The molecule has 0 fully saturated rings. The molecular weight excluding hydrogens is 214 g/mol. The monoisotopic (exact) mass is 237 g/mol. The van der Waals surface area contributed by atoms with Gasteiger partial charge in [-0.05, 0) is 18.4 Å². The lowest BCUT2D eigenvalue weighted by molar-refractivity contribution is 0.0979. The van der Waals surface area contributed by atoms with Crippen LogP contribution >= 0.6 is 0 Å². The fourth-order valence-corrected chi connectivity index (χ4v) is 1.61. The van der Waals surface area contributed by atoms with Gasteiger partial charge in [0.05, 0.1) is 6.61 Å². The first-order valence-corrected chi connectivity index (χ1v) is 6.40. The maximum Gasteiger partial charge on any atom is 0.164 e. The van der Waals surface area contributed by atoms with Crippen molar-refractivity contribution in [2.24, 2.45) is 5.92 Å². The van der Waals surface area contributed by atoms with Gasteiger partial charge in [-0.2, -0.15) is 0 Å². The minimum atomic E-state index is 0.231. The van der Waals surface area contributed by atoms with Gasteiger partial charge in [0.1, 0.15) is 0 Å². The summed E-state index contributed by atoms with van der Waals surface area (Å²) < 4.78 is 7.53. The number of ketones is 1. The summed E-state index contributed by atoms with van der Waals surface area (Å²) in [5.41, 5.74) is 0.815. The van der Waals surface area contributed by atoms with Crippen molar-refractivity contribution in [1.29, 1.82) is 0 Å². The molecule has 0 saturated carbocycles. The van der Waals surface area contributed by atoms with Crippen LogP contribution in [0.1, 0.15) is 44.0 Å². The minimum Gasteiger partial charge on any atom is -0.379 e. The van der Waals surface area contributed by atoms with Gasteiger partial charge in [0.25, 0.3) is 0 Å². The van der Waals surface area contributed by atoms with Gasteiger partial charge in [-0.1, -0.05) is 20.8 Å². The molecule has 3 heteroatoms. The number of ether oxygens (including phenoxy) is 1. The average molecular weight is 237 g/mol. The number of carbonyl (C=O) groups is 1. The Morgan fingerprint density at radius 1 is 1.47 bits per heavy atom. The predicted molar refractivity (Wildman–Crippen MR) is 69.3 cm³/mol. The summed E-state index contributed by atoms with van der Waals surface area (Å²) in [4.78, 5) is 11.6. The Labute approximate surface area is 104 Å². The van der Waals surface area contributed by atoms with E-state index in [1.165, 1.54) is 0 Å². The van der Waals surface area contributed by atoms with Crippen LogP contribution in [0, 0.1) is 5.92 Å². The lowest BCUT2D eigenvalue weighted by Gasteiger charge is -2.07. The number of hydrogen-bond donors (Lipinski definition) is 0. The van der Waals surface area contributed by atoms with E-state index >= 15 is 0 Å². The van der Waals surface area contributed by atoms with E-state index in [-0.39, 0.29) is 5.78 Å². The third-order valence-electron chi connectivity index (χ3n) is 2.49. The Hall–Kier alpha value is -1.09. The molecule has 1 rings (SSSR count). The Morgan fingerprint density at radius 2 is 2.24 bits per heavy atom. The fraction of sp³-hybridized carbons (Fsp3) is 0.643. The number of Topliss-reactive ketones (excluding diaryl/α,β-unsaturated/α-hetero) is 1. The summed E-state index contributed by atoms with van der Waals surface area (Å²) in [5.74, 6) is 0.802. The standard InChI is InChI=1S/C14H23NO2/c1-4-5-14(16)13-6-7-15(10-13)8-9-17-11-12(2)3/h6-7,10,12H,4-5,8-9,11H2,1-3H3. The minimum absolute atomic E-state index is 0.231. The van der Waals surface area contributed by atoms with Gasteiger partial charge < -0.3 is 9.30 Å². The summed E-state index contributed by atoms with van der Waals surface area (Å²) in [5, 5.41) is 0. The molecule has 3 nitrogen and oxygen atoms in total. The maximum atomic E-state index is 11.6. The van der Waals surface area contributed by atoms with Gasteiger partial charge in [-0.15, -0.1) is 0 Å². The second kappa shape index (κ2) is 7.28. The molecule has 0 amide bonds. The van der Waals surface area contributed by atoms with Crippen molar-refractivity contribution in [1.82, 2.24) is 4.57 Å². The highest BCUT2D eigenvalue weighted by Crippen LogP contribution is 2.06. The van der Waals surface area contributed by atoms with Crippen LogP contribution in [0.25, 0.3) is 0 Å². The van der Waals surface area contributed by atoms with Gasteiger partial charge in [-0.3, -0.25) is 4.79 Å². The molecule has 0 atom stereocenters. The molecular formula is C14H23NO2. The molecule has 0 unspecified atom stereocenters. The molecule has 96 valence electrons. The summed E-state index contributed by atoms with van der Waals surface area (Å²) in [7, 11) is 0. The van der Waals surface area contributed by atoms with Gasteiger partial charge in [-0.25, -0.2) is 0 Å². The van der Waals surface area contributed by atoms with Crippen LogP contribution in [-0.2, 0) is 11.3 Å². The van der Waals surface area contributed by atoms with E-state index < -0.39 is 0 Å². The average Bonchev–Trinajstić information content (AvgIpc) is 2.73. The highest BCUT2D eigenvalue weighted by molar-refractivity contribution is 5.95. The third-order valence-corrected chi connectivity index (χ3v) is 2.49. The molecule has 17 heavy (non-hydrogen) atoms. The van der Waals surface area contributed by atoms with Crippen molar-refractivity contribution < 1.29 is 9.53 Å². The predicted octanol–water partition coefficient (Wildman–Crippen LogP) is 3.14. The zero-order chi connectivity index (χ0) is 12.7. The Kier molecular flexibility index (Phi) is 5.98. The maximum absolute atomic E-state index is 11.6. The summed E-state index contributed by atoms with van der Waals surface area (Å²) in [6.07, 6.45) is 5.40. The van der Waals surface area contributed by atoms with Crippen molar-refractivity contribution in [3.63, 3.8) is 0 Å². The second-order valence-electron chi connectivity index (χ2n) is 4.78. The Bertz CT molecular complexity index is 342. The van der Waals surface area contributed by atoms with Crippen LogP contribution in [0.5, 0.6) is 0 Å². The highest BCUT2D eigenvalue weighted by atomic mass is 16.5. The first-order valence-electron chi connectivity index (χ1n) is 6.40. The summed E-state index contributed by atoms with van der Waals surface area (Å²) in [6.45, 7) is 8.60. The topological polar surface area (TPSA) is 31.2 Å². The van der Waals surface area contributed by atoms with Crippen molar-refractivity contribution in [2.45, 2.75) is 40.2 Å². The molecule has 0 aromatic carbocycles. The van der Waals surface area contributed by atoms with Gasteiger partial charge >= 0.3 is 0 Å². The summed E-state index contributed by atoms with van der Waals surface area (Å²) >= 11 is 0. The van der Waals surface area contributed by atoms with E-state index in [4.69, 9.17) is 4.74 Å². The highest BCUT2D eigenvalue weighted by Gasteiger charge is 2.05. The number of nitrogens with zero attached hydrogens (tertiary/aromatic N) is 1. The quantitative estimate of drug-likeness (QED) is 0.514. The molecule has 1 aromatic rings. The zero-order valence-corrected chi connectivity index (χ0v) is 11.1. The van der Waals surface area contributed by atoms with E-state index in [2.05, 4.69) is 13.8 Å². The number of aromatic nitrogens is 1. The Morgan fingerprint density at radius 3 is 2.88 bits per heavy atom. The molecule has 1 aromatic heterocycles. The molecule has 0 radical (unpaired) electrons. The normalized spacial score (nSPS) is 11.1. The molecule has 0 aliphatic heterocycles. The van der Waals surface area contributed by atoms with Gasteiger partial charge in [0, 0.05) is 37.5 Å². The van der Waals surface area contributed by atoms with Gasteiger partial charge in [0.15, 0.2) is 5.78 Å². The van der Waals surface area contributed by atoms with Crippen LogP contribution < -0.4 is 0 Å². The number of rotatable bonds is 8. The smallest absolute Gasteiger partial charge is 0.164 e. The van der Waals surface area contributed by atoms with E-state index in [0.717, 1.165) is 25.1 Å². The first kappa shape index (κ1) is 14.0.